The van der Waals surface area contributed by atoms with Gasteiger partial charge in [0.2, 0.25) is 0 Å². The standard InChI is InChI=1S/C12H17FN2O3/c1-8(3-9(2)16)14-7-10-4-11(13)6-12(5-10)15(17)18/h4-6,8-9,14,16H,3,7H2,1-2H3. The lowest BCUT2D eigenvalue weighted by Crippen LogP contribution is -2.28. The number of nitro benzene ring substituents is 1. The zero-order valence-corrected chi connectivity index (χ0v) is 10.4. The van der Waals surface area contributed by atoms with Crippen LogP contribution in [-0.2, 0) is 6.54 Å². The minimum atomic E-state index is -0.621. The first kappa shape index (κ1) is 14.5. The molecule has 0 amide bonds. The van der Waals surface area contributed by atoms with Gasteiger partial charge in [-0.25, -0.2) is 4.39 Å². The van der Waals surface area contributed by atoms with Gasteiger partial charge >= 0.3 is 0 Å². The van der Waals surface area contributed by atoms with Gasteiger partial charge in [-0.2, -0.15) is 0 Å². The molecule has 0 fully saturated rings. The molecule has 0 saturated carbocycles. The number of aliphatic hydroxyl groups excluding tert-OH is 1. The third kappa shape index (κ3) is 4.77. The highest BCUT2D eigenvalue weighted by molar-refractivity contribution is 5.35. The lowest BCUT2D eigenvalue weighted by Gasteiger charge is -2.15. The molecule has 1 rings (SSSR count). The Balaban J connectivity index is 2.64. The van der Waals surface area contributed by atoms with Crippen molar-refractivity contribution in [3.8, 4) is 0 Å². The summed E-state index contributed by atoms with van der Waals surface area (Å²) in [6.45, 7) is 3.90. The lowest BCUT2D eigenvalue weighted by molar-refractivity contribution is -0.385. The highest BCUT2D eigenvalue weighted by Gasteiger charge is 2.11. The quantitative estimate of drug-likeness (QED) is 0.603. The van der Waals surface area contributed by atoms with E-state index in [1.165, 1.54) is 12.1 Å². The van der Waals surface area contributed by atoms with Gasteiger partial charge in [-0.1, -0.05) is 0 Å². The van der Waals surface area contributed by atoms with E-state index >= 15 is 0 Å². The Bertz CT molecular complexity index is 424. The molecule has 5 nitrogen and oxygen atoms in total. The third-order valence-electron chi connectivity index (χ3n) is 2.50. The van der Waals surface area contributed by atoms with E-state index in [-0.39, 0.29) is 11.7 Å². The molecule has 1 aromatic rings. The predicted molar refractivity (Wildman–Crippen MR) is 65.7 cm³/mol. The maximum absolute atomic E-state index is 13.2. The summed E-state index contributed by atoms with van der Waals surface area (Å²) in [6, 6.07) is 3.54. The summed E-state index contributed by atoms with van der Waals surface area (Å²) in [4.78, 5) is 9.96. The zero-order chi connectivity index (χ0) is 13.7. The molecule has 18 heavy (non-hydrogen) atoms. The monoisotopic (exact) mass is 256 g/mol. The smallest absolute Gasteiger partial charge is 0.272 e. The van der Waals surface area contributed by atoms with Crippen LogP contribution in [-0.4, -0.2) is 22.2 Å². The molecule has 0 radical (unpaired) electrons. The summed E-state index contributed by atoms with van der Waals surface area (Å²) in [6.07, 6.45) is 0.145. The summed E-state index contributed by atoms with van der Waals surface area (Å²) in [5.74, 6) is -0.621. The van der Waals surface area contributed by atoms with Crippen LogP contribution in [0.3, 0.4) is 0 Å². The second-order valence-corrected chi connectivity index (χ2v) is 4.44. The van der Waals surface area contributed by atoms with Crippen molar-refractivity contribution in [1.29, 1.82) is 0 Å². The van der Waals surface area contributed by atoms with Crippen molar-refractivity contribution in [2.24, 2.45) is 0 Å². The van der Waals surface area contributed by atoms with E-state index < -0.39 is 16.8 Å². The van der Waals surface area contributed by atoms with Crippen molar-refractivity contribution in [3.05, 3.63) is 39.7 Å². The summed E-state index contributed by atoms with van der Waals surface area (Å²) >= 11 is 0. The number of rotatable bonds is 6. The van der Waals surface area contributed by atoms with Crippen LogP contribution in [0.4, 0.5) is 10.1 Å². The van der Waals surface area contributed by atoms with Gasteiger partial charge in [-0.15, -0.1) is 0 Å². The van der Waals surface area contributed by atoms with E-state index in [1.807, 2.05) is 6.92 Å². The highest BCUT2D eigenvalue weighted by Crippen LogP contribution is 2.16. The van der Waals surface area contributed by atoms with Gasteiger partial charge in [0.25, 0.3) is 5.69 Å². The lowest BCUT2D eigenvalue weighted by atomic mass is 10.1. The molecule has 0 aliphatic rings. The van der Waals surface area contributed by atoms with Crippen LogP contribution in [0.5, 0.6) is 0 Å². The maximum Gasteiger partial charge on any atom is 0.272 e. The van der Waals surface area contributed by atoms with Gasteiger partial charge in [0.05, 0.1) is 17.1 Å². The molecule has 2 unspecified atom stereocenters. The van der Waals surface area contributed by atoms with Crippen molar-refractivity contribution in [1.82, 2.24) is 5.32 Å². The minimum absolute atomic E-state index is 0.0484. The van der Waals surface area contributed by atoms with Crippen molar-refractivity contribution >= 4 is 5.69 Å². The summed E-state index contributed by atoms with van der Waals surface area (Å²) in [5, 5.41) is 22.8. The topological polar surface area (TPSA) is 75.4 Å². The number of non-ortho nitro benzene ring substituents is 1. The van der Waals surface area contributed by atoms with E-state index in [2.05, 4.69) is 5.32 Å². The number of aliphatic hydroxyl groups is 1. The van der Waals surface area contributed by atoms with Crippen molar-refractivity contribution in [2.75, 3.05) is 0 Å². The van der Waals surface area contributed by atoms with Crippen molar-refractivity contribution in [2.45, 2.75) is 39.0 Å². The summed E-state index contributed by atoms with van der Waals surface area (Å²) < 4.78 is 13.2. The molecule has 1 aromatic carbocycles. The Morgan fingerprint density at radius 3 is 2.67 bits per heavy atom. The van der Waals surface area contributed by atoms with Gasteiger partial charge < -0.3 is 10.4 Å². The Hall–Kier alpha value is -1.53. The summed E-state index contributed by atoms with van der Waals surface area (Å²) in [5.41, 5.74) is 0.258. The van der Waals surface area contributed by atoms with Gasteiger partial charge in [0.15, 0.2) is 0 Å². The van der Waals surface area contributed by atoms with E-state index in [0.29, 0.717) is 18.5 Å². The fourth-order valence-electron chi connectivity index (χ4n) is 1.73. The fourth-order valence-corrected chi connectivity index (χ4v) is 1.73. The number of halogens is 1. The van der Waals surface area contributed by atoms with Crippen LogP contribution < -0.4 is 5.32 Å². The Morgan fingerprint density at radius 2 is 2.11 bits per heavy atom. The molecular formula is C12H17FN2O3. The van der Waals surface area contributed by atoms with Crippen LogP contribution >= 0.6 is 0 Å². The number of benzene rings is 1. The Morgan fingerprint density at radius 1 is 1.44 bits per heavy atom. The SMILES string of the molecule is CC(O)CC(C)NCc1cc(F)cc([N+](=O)[O-])c1. The van der Waals surface area contributed by atoms with Crippen LogP contribution in [0.25, 0.3) is 0 Å². The molecule has 2 atom stereocenters. The predicted octanol–water partition coefficient (Wildman–Crippen LogP) is 1.98. The number of nitrogens with zero attached hydrogens (tertiary/aromatic N) is 1. The number of nitro groups is 1. The Kier molecular flexibility index (Phi) is 5.18. The average molecular weight is 256 g/mol. The molecular weight excluding hydrogens is 239 g/mol. The molecule has 0 aliphatic heterocycles. The number of hydrogen-bond donors (Lipinski definition) is 2. The fraction of sp³-hybridized carbons (Fsp3) is 0.500. The van der Waals surface area contributed by atoms with Crippen LogP contribution in [0.2, 0.25) is 0 Å². The molecule has 100 valence electrons. The van der Waals surface area contributed by atoms with Gasteiger partial charge in [-0.3, -0.25) is 10.1 Å². The first-order chi connectivity index (χ1) is 8.38. The largest absolute Gasteiger partial charge is 0.393 e. The third-order valence-corrected chi connectivity index (χ3v) is 2.50. The van der Waals surface area contributed by atoms with Gasteiger partial charge in [-0.05, 0) is 31.9 Å². The van der Waals surface area contributed by atoms with Crippen molar-refractivity contribution in [3.63, 3.8) is 0 Å². The molecule has 0 bridgehead atoms. The van der Waals surface area contributed by atoms with Gasteiger partial charge in [0.1, 0.15) is 5.82 Å². The molecule has 0 heterocycles. The molecule has 0 saturated heterocycles. The van der Waals surface area contributed by atoms with Crippen LogP contribution in [0, 0.1) is 15.9 Å². The minimum Gasteiger partial charge on any atom is -0.393 e. The first-order valence-electron chi connectivity index (χ1n) is 5.73. The second-order valence-electron chi connectivity index (χ2n) is 4.44. The zero-order valence-electron chi connectivity index (χ0n) is 10.4. The van der Waals surface area contributed by atoms with E-state index in [1.54, 1.807) is 6.92 Å². The normalized spacial score (nSPS) is 14.2. The number of hydrogen-bond acceptors (Lipinski definition) is 4. The highest BCUT2D eigenvalue weighted by atomic mass is 19.1. The first-order valence-corrected chi connectivity index (χ1v) is 5.73. The molecule has 2 N–H and O–H groups in total. The average Bonchev–Trinajstić information content (AvgIpc) is 2.24. The van der Waals surface area contributed by atoms with Crippen LogP contribution in [0.15, 0.2) is 18.2 Å². The molecule has 0 spiro atoms. The van der Waals surface area contributed by atoms with Crippen LogP contribution in [0.1, 0.15) is 25.8 Å². The van der Waals surface area contributed by atoms with E-state index in [9.17, 15) is 19.6 Å². The summed E-state index contributed by atoms with van der Waals surface area (Å²) in [7, 11) is 0. The maximum atomic E-state index is 13.2. The number of nitrogens with one attached hydrogen (secondary N) is 1. The molecule has 0 aliphatic carbocycles. The second kappa shape index (κ2) is 6.42. The molecule has 0 aromatic heterocycles. The van der Waals surface area contributed by atoms with Gasteiger partial charge in [0, 0.05) is 18.7 Å². The van der Waals surface area contributed by atoms with E-state index in [0.717, 1.165) is 6.07 Å². The molecule has 6 heteroatoms. The van der Waals surface area contributed by atoms with E-state index in [4.69, 9.17) is 0 Å². The van der Waals surface area contributed by atoms with Crippen molar-refractivity contribution < 1.29 is 14.4 Å². The Labute approximate surface area is 105 Å².